The molecule has 2 aliphatic heterocycles. The minimum Gasteiger partial charge on any atom is -0.477 e. The summed E-state index contributed by atoms with van der Waals surface area (Å²) in [7, 11) is 0. The number of thiophene rings is 1. The molecule has 0 radical (unpaired) electrons. The lowest BCUT2D eigenvalue weighted by molar-refractivity contribution is -0.251. The molecule has 26 heavy (non-hydrogen) atoms. The van der Waals surface area contributed by atoms with E-state index in [9.17, 15) is 33.0 Å². The van der Waals surface area contributed by atoms with Crippen molar-refractivity contribution in [2.24, 2.45) is 0 Å². The van der Waals surface area contributed by atoms with Crippen LogP contribution in [0.3, 0.4) is 0 Å². The molecule has 1 unspecified atom stereocenters. The third-order valence-corrected chi connectivity index (χ3v) is 6.36. The van der Waals surface area contributed by atoms with Gasteiger partial charge in [-0.3, -0.25) is 4.79 Å². The molecule has 0 aromatic carbocycles. The highest BCUT2D eigenvalue weighted by Crippen LogP contribution is 2.46. The second-order valence-electron chi connectivity index (χ2n) is 6.73. The molecule has 1 amide bonds. The molecule has 1 spiro atoms. The predicted octanol–water partition coefficient (Wildman–Crippen LogP) is 2.15. The number of fused-ring (bicyclic) bond motifs is 2. The summed E-state index contributed by atoms with van der Waals surface area (Å²) in [5.41, 5.74) is -3.34. The molecule has 1 fully saturated rings. The van der Waals surface area contributed by atoms with E-state index in [1.165, 1.54) is 0 Å². The highest BCUT2D eigenvalue weighted by Gasteiger charge is 2.58. The lowest BCUT2D eigenvalue weighted by Crippen LogP contribution is -2.59. The Balaban J connectivity index is 1.79. The zero-order chi connectivity index (χ0) is 19.3. The lowest BCUT2D eigenvalue weighted by atomic mass is 9.84. The van der Waals surface area contributed by atoms with Gasteiger partial charge in [-0.05, 0) is 37.8 Å². The number of carbonyl (C=O) groups is 2. The number of halogens is 3. The molecule has 3 rings (SSSR count). The first kappa shape index (κ1) is 19.1. The molecular formula is C16H18F3NO5S. The van der Waals surface area contributed by atoms with Crippen LogP contribution in [0.5, 0.6) is 0 Å². The molecule has 0 saturated carbocycles. The van der Waals surface area contributed by atoms with Gasteiger partial charge in [0.25, 0.3) is 5.91 Å². The van der Waals surface area contributed by atoms with Gasteiger partial charge in [0.2, 0.25) is 5.60 Å². The van der Waals surface area contributed by atoms with Crippen molar-refractivity contribution in [1.29, 1.82) is 0 Å². The fraction of sp³-hybridized carbons (Fsp3) is 0.625. The molecule has 10 heteroatoms. The highest BCUT2D eigenvalue weighted by molar-refractivity contribution is 7.14. The molecular weight excluding hydrogens is 375 g/mol. The summed E-state index contributed by atoms with van der Waals surface area (Å²) in [4.78, 5) is 25.3. The first-order valence-corrected chi connectivity index (χ1v) is 8.88. The molecule has 2 aliphatic rings. The van der Waals surface area contributed by atoms with Crippen molar-refractivity contribution < 1.29 is 37.7 Å². The maximum Gasteiger partial charge on any atom is 0.426 e. The minimum absolute atomic E-state index is 0.00912. The van der Waals surface area contributed by atoms with E-state index in [1.807, 2.05) is 0 Å². The maximum atomic E-state index is 12.9. The predicted molar refractivity (Wildman–Crippen MR) is 85.1 cm³/mol. The van der Waals surface area contributed by atoms with E-state index in [4.69, 9.17) is 4.74 Å². The van der Waals surface area contributed by atoms with Gasteiger partial charge in [-0.2, -0.15) is 13.2 Å². The molecule has 144 valence electrons. The number of carbonyl (C=O) groups excluding carboxylic acids is 1. The average Bonchev–Trinajstić information content (AvgIpc) is 3.00. The Hall–Kier alpha value is -1.65. The number of carboxylic acid groups (broad SMARTS) is 1. The van der Waals surface area contributed by atoms with Crippen molar-refractivity contribution in [2.45, 2.75) is 43.6 Å². The summed E-state index contributed by atoms with van der Waals surface area (Å²) < 4.78 is 44.6. The van der Waals surface area contributed by atoms with E-state index in [0.717, 1.165) is 26.7 Å². The summed E-state index contributed by atoms with van der Waals surface area (Å²) in [5.74, 6) is -2.42. The zero-order valence-electron chi connectivity index (χ0n) is 13.9. The van der Waals surface area contributed by atoms with Gasteiger partial charge in [-0.25, -0.2) is 4.79 Å². The fourth-order valence-electron chi connectivity index (χ4n) is 3.40. The Labute approximate surface area is 151 Å². The molecule has 3 heterocycles. The van der Waals surface area contributed by atoms with Crippen LogP contribution in [0.2, 0.25) is 0 Å². The number of rotatable bonds is 2. The molecule has 0 aliphatic carbocycles. The Bertz CT molecular complexity index is 735. The topological polar surface area (TPSA) is 87.1 Å². The third-order valence-electron chi connectivity index (χ3n) is 5.01. The average molecular weight is 393 g/mol. The van der Waals surface area contributed by atoms with Gasteiger partial charge in [-0.15, -0.1) is 11.3 Å². The molecule has 1 aromatic heterocycles. The monoisotopic (exact) mass is 393 g/mol. The Morgan fingerprint density at radius 3 is 2.46 bits per heavy atom. The summed E-state index contributed by atoms with van der Waals surface area (Å²) in [5, 5.41) is 18.8. The van der Waals surface area contributed by atoms with Crippen LogP contribution in [0.25, 0.3) is 0 Å². The normalized spacial score (nSPS) is 22.0. The number of likely N-dealkylation sites (tertiary alicyclic amines) is 1. The van der Waals surface area contributed by atoms with Gasteiger partial charge < -0.3 is 19.8 Å². The van der Waals surface area contributed by atoms with Gasteiger partial charge in [0, 0.05) is 18.0 Å². The number of piperidine rings is 1. The van der Waals surface area contributed by atoms with Crippen molar-refractivity contribution >= 4 is 23.2 Å². The Kier molecular flexibility index (Phi) is 4.56. The van der Waals surface area contributed by atoms with Crippen molar-refractivity contribution in [3.05, 3.63) is 21.4 Å². The number of aromatic carboxylic acids is 1. The van der Waals surface area contributed by atoms with E-state index in [2.05, 4.69) is 0 Å². The SMILES string of the molecule is CC(O)(C(=O)N1CCC2(CC1)OCCc1cc(C(=O)O)sc12)C(F)(F)F. The summed E-state index contributed by atoms with van der Waals surface area (Å²) in [6.45, 7) is 0.819. The quantitative estimate of drug-likeness (QED) is 0.804. The van der Waals surface area contributed by atoms with Crippen LogP contribution >= 0.6 is 11.3 Å². The number of hydrogen-bond acceptors (Lipinski definition) is 5. The summed E-state index contributed by atoms with van der Waals surface area (Å²) in [6.07, 6.45) is -3.98. The van der Waals surface area contributed by atoms with Crippen molar-refractivity contribution in [2.75, 3.05) is 19.7 Å². The summed E-state index contributed by atoms with van der Waals surface area (Å²) in [6, 6.07) is 1.61. The van der Waals surface area contributed by atoms with E-state index < -0.39 is 29.3 Å². The number of nitrogens with zero attached hydrogens (tertiary/aromatic N) is 1. The molecule has 1 atom stereocenters. The fourth-order valence-corrected chi connectivity index (χ4v) is 4.65. The van der Waals surface area contributed by atoms with Crippen LogP contribution in [-0.4, -0.2) is 58.5 Å². The number of alkyl halides is 3. The van der Waals surface area contributed by atoms with E-state index in [-0.39, 0.29) is 30.8 Å². The Morgan fingerprint density at radius 2 is 1.92 bits per heavy atom. The van der Waals surface area contributed by atoms with E-state index >= 15 is 0 Å². The molecule has 6 nitrogen and oxygen atoms in total. The number of ether oxygens (including phenoxy) is 1. The van der Waals surface area contributed by atoms with Crippen molar-refractivity contribution in [3.8, 4) is 0 Å². The minimum atomic E-state index is -5.06. The maximum absolute atomic E-state index is 12.9. The van der Waals surface area contributed by atoms with Crippen LogP contribution in [0.15, 0.2) is 6.07 Å². The number of carboxylic acids is 1. The van der Waals surface area contributed by atoms with Gasteiger partial charge in [0.1, 0.15) is 10.5 Å². The first-order chi connectivity index (χ1) is 12.0. The van der Waals surface area contributed by atoms with Gasteiger partial charge in [-0.1, -0.05) is 0 Å². The zero-order valence-corrected chi connectivity index (χ0v) is 14.7. The highest BCUT2D eigenvalue weighted by atomic mass is 32.1. The second kappa shape index (κ2) is 6.21. The van der Waals surface area contributed by atoms with Gasteiger partial charge >= 0.3 is 12.1 Å². The van der Waals surface area contributed by atoms with Crippen molar-refractivity contribution in [1.82, 2.24) is 4.90 Å². The standard InChI is InChI=1S/C16H18F3NO5S/c1-14(24,16(17,18)19)13(23)20-5-3-15(4-6-20)11-9(2-7-25-15)8-10(26-11)12(21)22/h8,24H,2-7H2,1H3,(H,21,22). The van der Waals surface area contributed by atoms with Crippen molar-refractivity contribution in [3.63, 3.8) is 0 Å². The van der Waals surface area contributed by atoms with Crippen LogP contribution in [0.1, 0.15) is 39.9 Å². The first-order valence-electron chi connectivity index (χ1n) is 8.07. The second-order valence-corrected chi connectivity index (χ2v) is 7.78. The van der Waals surface area contributed by atoms with Crippen LogP contribution in [0.4, 0.5) is 13.2 Å². The third kappa shape index (κ3) is 2.99. The largest absolute Gasteiger partial charge is 0.477 e. The van der Waals surface area contributed by atoms with Gasteiger partial charge in [0.15, 0.2) is 0 Å². The van der Waals surface area contributed by atoms with Crippen LogP contribution in [0, 0.1) is 0 Å². The number of hydrogen-bond donors (Lipinski definition) is 2. The lowest BCUT2D eigenvalue weighted by Gasteiger charge is -2.45. The summed E-state index contributed by atoms with van der Waals surface area (Å²) >= 11 is 1.11. The van der Waals surface area contributed by atoms with E-state index in [1.54, 1.807) is 6.07 Å². The van der Waals surface area contributed by atoms with Crippen LogP contribution in [-0.2, 0) is 21.6 Å². The molecule has 1 aromatic rings. The smallest absolute Gasteiger partial charge is 0.426 e. The molecule has 2 N–H and O–H groups in total. The number of aliphatic hydroxyl groups is 1. The molecule has 1 saturated heterocycles. The van der Waals surface area contributed by atoms with E-state index in [0.29, 0.717) is 20.0 Å². The molecule has 0 bridgehead atoms. The number of amides is 1. The Morgan fingerprint density at radius 1 is 1.31 bits per heavy atom. The van der Waals surface area contributed by atoms with Crippen LogP contribution < -0.4 is 0 Å². The van der Waals surface area contributed by atoms with Gasteiger partial charge in [0.05, 0.1) is 6.61 Å².